The topological polar surface area (TPSA) is 64.6 Å². The molecule has 0 aromatic heterocycles. The van der Waals surface area contributed by atoms with Crippen molar-refractivity contribution in [2.45, 2.75) is 6.54 Å². The number of hydrogen-bond acceptors (Lipinski definition) is 4. The van der Waals surface area contributed by atoms with Gasteiger partial charge in [-0.05, 0) is 17.7 Å². The van der Waals surface area contributed by atoms with Gasteiger partial charge in [0, 0.05) is 12.6 Å². The highest BCUT2D eigenvalue weighted by atomic mass is 32.2. The molecule has 0 aliphatic heterocycles. The van der Waals surface area contributed by atoms with Gasteiger partial charge < -0.3 is 9.47 Å². The van der Waals surface area contributed by atoms with E-state index >= 15 is 0 Å². The van der Waals surface area contributed by atoms with Gasteiger partial charge in [-0.15, -0.1) is 0 Å². The molecule has 90 valence electrons. The first-order chi connectivity index (χ1) is 7.44. The Bertz CT molecular complexity index is 434. The third kappa shape index (κ3) is 4.08. The van der Waals surface area contributed by atoms with Crippen molar-refractivity contribution in [3.63, 3.8) is 0 Å². The average molecular weight is 245 g/mol. The lowest BCUT2D eigenvalue weighted by atomic mass is 10.2. The van der Waals surface area contributed by atoms with E-state index < -0.39 is 10.0 Å². The third-order valence-corrected chi connectivity index (χ3v) is 2.62. The molecule has 0 atom stereocenters. The monoisotopic (exact) mass is 245 g/mol. The molecule has 0 saturated carbocycles. The molecule has 0 bridgehead atoms. The molecule has 0 saturated heterocycles. The minimum Gasteiger partial charge on any atom is -0.497 e. The zero-order valence-corrected chi connectivity index (χ0v) is 10.3. The van der Waals surface area contributed by atoms with Gasteiger partial charge in [-0.25, -0.2) is 13.1 Å². The second-order valence-electron chi connectivity index (χ2n) is 3.31. The van der Waals surface area contributed by atoms with Crippen molar-refractivity contribution in [3.8, 4) is 11.5 Å². The summed E-state index contributed by atoms with van der Waals surface area (Å²) in [5, 5.41) is 0. The van der Waals surface area contributed by atoms with E-state index in [0.717, 1.165) is 11.8 Å². The molecular weight excluding hydrogens is 230 g/mol. The fourth-order valence-electron chi connectivity index (χ4n) is 1.18. The number of rotatable bonds is 5. The van der Waals surface area contributed by atoms with Gasteiger partial charge >= 0.3 is 0 Å². The quantitative estimate of drug-likeness (QED) is 0.831. The summed E-state index contributed by atoms with van der Waals surface area (Å²) in [7, 11) is -0.105. The van der Waals surface area contributed by atoms with Crippen molar-refractivity contribution < 1.29 is 17.9 Å². The van der Waals surface area contributed by atoms with Crippen LogP contribution < -0.4 is 14.2 Å². The van der Waals surface area contributed by atoms with Gasteiger partial charge in [0.05, 0.1) is 20.5 Å². The van der Waals surface area contributed by atoms with Gasteiger partial charge in [-0.3, -0.25) is 0 Å². The van der Waals surface area contributed by atoms with E-state index in [4.69, 9.17) is 9.47 Å². The Morgan fingerprint density at radius 2 is 1.62 bits per heavy atom. The Labute approximate surface area is 95.4 Å². The molecule has 1 N–H and O–H groups in total. The standard InChI is InChI=1S/C10H15NO4S/c1-14-9-4-8(5-10(6-9)15-2)7-11-16(3,12)13/h4-6,11H,7H2,1-3H3. The first-order valence-corrected chi connectivity index (χ1v) is 6.50. The first-order valence-electron chi connectivity index (χ1n) is 4.61. The minimum atomic E-state index is -3.19. The molecule has 0 amide bonds. The van der Waals surface area contributed by atoms with Gasteiger partial charge in [-0.2, -0.15) is 0 Å². The molecule has 0 heterocycles. The Kier molecular flexibility index (Phi) is 4.14. The number of hydrogen-bond donors (Lipinski definition) is 1. The highest BCUT2D eigenvalue weighted by Crippen LogP contribution is 2.22. The van der Waals surface area contributed by atoms with E-state index in [0.29, 0.717) is 11.5 Å². The van der Waals surface area contributed by atoms with Gasteiger partial charge in [0.15, 0.2) is 0 Å². The summed E-state index contributed by atoms with van der Waals surface area (Å²) in [5.41, 5.74) is 0.779. The lowest BCUT2D eigenvalue weighted by molar-refractivity contribution is 0.393. The molecule has 1 aromatic rings. The average Bonchev–Trinajstić information content (AvgIpc) is 2.25. The van der Waals surface area contributed by atoms with Crippen molar-refractivity contribution in [2.75, 3.05) is 20.5 Å². The molecule has 0 aliphatic carbocycles. The number of methoxy groups -OCH3 is 2. The minimum absolute atomic E-state index is 0.215. The van der Waals surface area contributed by atoms with Crippen LogP contribution in [0.3, 0.4) is 0 Å². The lowest BCUT2D eigenvalue weighted by Gasteiger charge is -2.08. The molecule has 5 nitrogen and oxygen atoms in total. The van der Waals surface area contributed by atoms with Crippen LogP contribution in [0, 0.1) is 0 Å². The van der Waals surface area contributed by atoms with Crippen molar-refractivity contribution in [3.05, 3.63) is 23.8 Å². The molecule has 0 spiro atoms. The zero-order chi connectivity index (χ0) is 12.2. The number of benzene rings is 1. The summed E-state index contributed by atoms with van der Waals surface area (Å²) < 4.78 is 34.4. The van der Waals surface area contributed by atoms with Crippen LogP contribution in [0.25, 0.3) is 0 Å². The van der Waals surface area contributed by atoms with Crippen LogP contribution in [0.1, 0.15) is 5.56 Å². The van der Waals surface area contributed by atoms with Crippen LogP contribution in [-0.4, -0.2) is 28.9 Å². The zero-order valence-electron chi connectivity index (χ0n) is 9.48. The van der Waals surface area contributed by atoms with Crippen molar-refractivity contribution in [1.82, 2.24) is 4.72 Å². The second-order valence-corrected chi connectivity index (χ2v) is 5.15. The molecule has 1 rings (SSSR count). The molecule has 1 aromatic carbocycles. The van der Waals surface area contributed by atoms with E-state index in [1.54, 1.807) is 32.4 Å². The molecule has 0 aliphatic rings. The predicted molar refractivity (Wildman–Crippen MR) is 61.2 cm³/mol. The maximum absolute atomic E-state index is 10.9. The summed E-state index contributed by atoms with van der Waals surface area (Å²) in [6.45, 7) is 0.215. The summed E-state index contributed by atoms with van der Waals surface area (Å²) in [6, 6.07) is 5.23. The Balaban J connectivity index is 2.87. The maximum atomic E-state index is 10.9. The lowest BCUT2D eigenvalue weighted by Crippen LogP contribution is -2.21. The fraction of sp³-hybridized carbons (Fsp3) is 0.400. The van der Waals surface area contributed by atoms with Crippen molar-refractivity contribution in [1.29, 1.82) is 0 Å². The number of ether oxygens (including phenoxy) is 2. The SMILES string of the molecule is COc1cc(CNS(C)(=O)=O)cc(OC)c1. The van der Waals surface area contributed by atoms with Crippen LogP contribution in [0.15, 0.2) is 18.2 Å². The van der Waals surface area contributed by atoms with Crippen LogP contribution in [0.5, 0.6) is 11.5 Å². The first kappa shape index (κ1) is 12.8. The normalized spacial score (nSPS) is 11.2. The van der Waals surface area contributed by atoms with E-state index in [1.165, 1.54) is 0 Å². The largest absolute Gasteiger partial charge is 0.497 e. The summed E-state index contributed by atoms with van der Waals surface area (Å²) in [4.78, 5) is 0. The van der Waals surface area contributed by atoms with Crippen molar-refractivity contribution in [2.24, 2.45) is 0 Å². The van der Waals surface area contributed by atoms with Crippen molar-refractivity contribution >= 4 is 10.0 Å². The Morgan fingerprint density at radius 3 is 2.00 bits per heavy atom. The van der Waals surface area contributed by atoms with Gasteiger partial charge in [0.1, 0.15) is 11.5 Å². The predicted octanol–water partition coefficient (Wildman–Crippen LogP) is 0.753. The molecule has 0 unspecified atom stereocenters. The summed E-state index contributed by atoms with van der Waals surface area (Å²) in [5.74, 6) is 1.26. The molecule has 0 radical (unpaired) electrons. The van der Waals surface area contributed by atoms with E-state index in [9.17, 15) is 8.42 Å². The summed E-state index contributed by atoms with van der Waals surface area (Å²) in [6.07, 6.45) is 1.12. The smallest absolute Gasteiger partial charge is 0.209 e. The van der Waals surface area contributed by atoms with Crippen LogP contribution >= 0.6 is 0 Å². The van der Waals surface area contributed by atoms with Gasteiger partial charge in [-0.1, -0.05) is 0 Å². The van der Waals surface area contributed by atoms with Gasteiger partial charge in [0.25, 0.3) is 0 Å². The number of sulfonamides is 1. The maximum Gasteiger partial charge on any atom is 0.209 e. The van der Waals surface area contributed by atoms with Crippen LogP contribution in [-0.2, 0) is 16.6 Å². The molecular formula is C10H15NO4S. The van der Waals surface area contributed by atoms with E-state index in [2.05, 4.69) is 4.72 Å². The van der Waals surface area contributed by atoms with Crippen LogP contribution in [0.2, 0.25) is 0 Å². The van der Waals surface area contributed by atoms with E-state index in [-0.39, 0.29) is 6.54 Å². The second kappa shape index (κ2) is 5.18. The Hall–Kier alpha value is -1.27. The number of nitrogens with one attached hydrogen (secondary N) is 1. The summed E-state index contributed by atoms with van der Waals surface area (Å²) >= 11 is 0. The van der Waals surface area contributed by atoms with Gasteiger partial charge in [0.2, 0.25) is 10.0 Å². The van der Waals surface area contributed by atoms with E-state index in [1.807, 2.05) is 0 Å². The third-order valence-electron chi connectivity index (χ3n) is 1.95. The highest BCUT2D eigenvalue weighted by molar-refractivity contribution is 7.88. The fourth-order valence-corrected chi connectivity index (χ4v) is 1.61. The molecule has 6 heteroatoms. The molecule has 16 heavy (non-hydrogen) atoms. The Morgan fingerprint density at radius 1 is 1.12 bits per heavy atom. The highest BCUT2D eigenvalue weighted by Gasteiger charge is 2.04. The van der Waals surface area contributed by atoms with Crippen LogP contribution in [0.4, 0.5) is 0 Å². The molecule has 0 fully saturated rings.